The van der Waals surface area contributed by atoms with Gasteiger partial charge >= 0.3 is 5.69 Å². The second kappa shape index (κ2) is 4.86. The standard InChI is InChI=1S/C11H12ClN5O3/c12-9-8(17(19)20)10(15-5-14-9)16-3-1-2-6-7(16)4-13-11(6)18/h5-7H,1-4H2,(H,13,18). The van der Waals surface area contributed by atoms with Crippen LogP contribution in [-0.4, -0.2) is 39.9 Å². The summed E-state index contributed by atoms with van der Waals surface area (Å²) in [6.45, 7) is 1.09. The molecule has 0 aromatic carbocycles. The maximum Gasteiger partial charge on any atom is 0.348 e. The molecular weight excluding hydrogens is 286 g/mol. The van der Waals surface area contributed by atoms with Gasteiger partial charge in [-0.05, 0) is 12.8 Å². The third-order valence-electron chi connectivity index (χ3n) is 3.81. The van der Waals surface area contributed by atoms with Crippen molar-refractivity contribution in [1.29, 1.82) is 0 Å². The molecule has 8 nitrogen and oxygen atoms in total. The lowest BCUT2D eigenvalue weighted by molar-refractivity contribution is -0.384. The summed E-state index contributed by atoms with van der Waals surface area (Å²) in [7, 11) is 0. The van der Waals surface area contributed by atoms with Crippen molar-refractivity contribution in [3.05, 3.63) is 21.6 Å². The third kappa shape index (κ3) is 1.96. The number of anilines is 1. The molecular formula is C11H12ClN5O3. The maximum atomic E-state index is 11.7. The van der Waals surface area contributed by atoms with Crippen LogP contribution in [-0.2, 0) is 4.79 Å². The summed E-state index contributed by atoms with van der Waals surface area (Å²) in [5.41, 5.74) is -0.297. The van der Waals surface area contributed by atoms with Gasteiger partial charge in [0.2, 0.25) is 16.9 Å². The summed E-state index contributed by atoms with van der Waals surface area (Å²) in [5, 5.41) is 13.8. The van der Waals surface area contributed by atoms with E-state index < -0.39 is 4.92 Å². The van der Waals surface area contributed by atoms with Gasteiger partial charge in [-0.2, -0.15) is 0 Å². The van der Waals surface area contributed by atoms with E-state index in [-0.39, 0.29) is 34.5 Å². The first-order valence-electron chi connectivity index (χ1n) is 6.29. The van der Waals surface area contributed by atoms with Crippen molar-refractivity contribution in [1.82, 2.24) is 15.3 Å². The van der Waals surface area contributed by atoms with E-state index in [1.54, 1.807) is 4.90 Å². The molecule has 1 aromatic rings. The molecule has 0 bridgehead atoms. The van der Waals surface area contributed by atoms with Crippen LogP contribution in [0.2, 0.25) is 5.15 Å². The zero-order chi connectivity index (χ0) is 14.3. The highest BCUT2D eigenvalue weighted by Crippen LogP contribution is 2.37. The molecule has 9 heteroatoms. The van der Waals surface area contributed by atoms with E-state index in [2.05, 4.69) is 15.3 Å². The minimum absolute atomic E-state index is 0.00232. The highest BCUT2D eigenvalue weighted by Gasteiger charge is 2.43. The summed E-state index contributed by atoms with van der Waals surface area (Å²) in [4.78, 5) is 31.8. The summed E-state index contributed by atoms with van der Waals surface area (Å²) in [5.74, 6) is 0.0563. The second-order valence-electron chi connectivity index (χ2n) is 4.85. The van der Waals surface area contributed by atoms with Gasteiger partial charge in [0.15, 0.2) is 0 Å². The van der Waals surface area contributed by atoms with Gasteiger partial charge in [-0.1, -0.05) is 11.6 Å². The zero-order valence-electron chi connectivity index (χ0n) is 10.5. The number of amides is 1. The number of halogens is 1. The Balaban J connectivity index is 2.02. The predicted octanol–water partition coefficient (Wildman–Crippen LogP) is 0.753. The SMILES string of the molecule is O=C1NCC2C1CCCN2c1ncnc(Cl)c1[N+](=O)[O-]. The molecule has 1 N–H and O–H groups in total. The quantitative estimate of drug-likeness (QED) is 0.491. The van der Waals surface area contributed by atoms with Crippen molar-refractivity contribution in [2.24, 2.45) is 5.92 Å². The predicted molar refractivity (Wildman–Crippen MR) is 70.6 cm³/mol. The van der Waals surface area contributed by atoms with Crippen LogP contribution in [0.15, 0.2) is 6.33 Å². The Morgan fingerprint density at radius 1 is 1.50 bits per heavy atom. The average molecular weight is 298 g/mol. The van der Waals surface area contributed by atoms with Crippen LogP contribution in [0.25, 0.3) is 0 Å². The van der Waals surface area contributed by atoms with Gasteiger partial charge in [0, 0.05) is 13.1 Å². The molecule has 1 amide bonds. The Bertz CT molecular complexity index is 581. The van der Waals surface area contributed by atoms with Crippen molar-refractivity contribution in [3.63, 3.8) is 0 Å². The largest absolute Gasteiger partial charge is 0.354 e. The van der Waals surface area contributed by atoms with Crippen molar-refractivity contribution < 1.29 is 9.72 Å². The third-order valence-corrected chi connectivity index (χ3v) is 4.09. The normalized spacial score (nSPS) is 25.2. The highest BCUT2D eigenvalue weighted by atomic mass is 35.5. The molecule has 0 saturated carbocycles. The van der Waals surface area contributed by atoms with Crippen LogP contribution in [0.5, 0.6) is 0 Å². The number of hydrogen-bond donors (Lipinski definition) is 1. The molecule has 3 rings (SSSR count). The van der Waals surface area contributed by atoms with Gasteiger partial charge in [0.1, 0.15) is 6.33 Å². The first kappa shape index (κ1) is 13.0. The number of piperidine rings is 1. The fourth-order valence-corrected chi connectivity index (χ4v) is 3.13. The first-order valence-corrected chi connectivity index (χ1v) is 6.66. The number of carbonyl (C=O) groups excluding carboxylic acids is 1. The van der Waals surface area contributed by atoms with E-state index in [1.165, 1.54) is 6.33 Å². The van der Waals surface area contributed by atoms with Crippen LogP contribution < -0.4 is 10.2 Å². The minimum atomic E-state index is -0.578. The summed E-state index contributed by atoms with van der Waals surface area (Å²) in [6.07, 6.45) is 2.78. The number of rotatable bonds is 2. The lowest BCUT2D eigenvalue weighted by Crippen LogP contribution is -2.46. The maximum absolute atomic E-state index is 11.7. The molecule has 2 aliphatic rings. The lowest BCUT2D eigenvalue weighted by Gasteiger charge is -2.36. The van der Waals surface area contributed by atoms with Gasteiger partial charge in [-0.25, -0.2) is 9.97 Å². The Labute approximate surface area is 119 Å². The fraction of sp³-hybridized carbons (Fsp3) is 0.545. The number of nitro groups is 1. The molecule has 20 heavy (non-hydrogen) atoms. The topological polar surface area (TPSA) is 101 Å². The number of nitrogens with zero attached hydrogens (tertiary/aromatic N) is 4. The Kier molecular flexibility index (Phi) is 3.17. The molecule has 0 spiro atoms. The molecule has 1 aromatic heterocycles. The van der Waals surface area contributed by atoms with Crippen molar-refractivity contribution in [3.8, 4) is 0 Å². The highest BCUT2D eigenvalue weighted by molar-refractivity contribution is 6.31. The Morgan fingerprint density at radius 2 is 2.30 bits per heavy atom. The fourth-order valence-electron chi connectivity index (χ4n) is 2.93. The van der Waals surface area contributed by atoms with Gasteiger partial charge in [-0.15, -0.1) is 0 Å². The van der Waals surface area contributed by atoms with Crippen LogP contribution in [0, 0.1) is 16.0 Å². The monoisotopic (exact) mass is 297 g/mol. The summed E-state index contributed by atoms with van der Waals surface area (Å²) in [6, 6.07) is -0.110. The van der Waals surface area contributed by atoms with Crippen LogP contribution in [0.4, 0.5) is 11.5 Å². The number of fused-ring (bicyclic) bond motifs is 1. The number of carbonyl (C=O) groups is 1. The van der Waals surface area contributed by atoms with Crippen LogP contribution in [0.1, 0.15) is 12.8 Å². The molecule has 2 aliphatic heterocycles. The molecule has 2 unspecified atom stereocenters. The van der Waals surface area contributed by atoms with Gasteiger partial charge in [0.05, 0.1) is 16.9 Å². The van der Waals surface area contributed by atoms with Crippen molar-refractivity contribution >= 4 is 29.0 Å². The Hall–Kier alpha value is -1.96. The van der Waals surface area contributed by atoms with E-state index in [0.717, 1.165) is 12.8 Å². The summed E-state index contributed by atoms with van der Waals surface area (Å²) >= 11 is 5.81. The van der Waals surface area contributed by atoms with Crippen molar-refractivity contribution in [2.45, 2.75) is 18.9 Å². The van der Waals surface area contributed by atoms with E-state index in [4.69, 9.17) is 11.6 Å². The number of hydrogen-bond acceptors (Lipinski definition) is 6. The molecule has 106 valence electrons. The number of aromatic nitrogens is 2. The van der Waals surface area contributed by atoms with Gasteiger partial charge < -0.3 is 10.2 Å². The van der Waals surface area contributed by atoms with Gasteiger partial charge in [-0.3, -0.25) is 14.9 Å². The van der Waals surface area contributed by atoms with E-state index >= 15 is 0 Å². The number of nitrogens with one attached hydrogen (secondary N) is 1. The molecule has 0 radical (unpaired) electrons. The second-order valence-corrected chi connectivity index (χ2v) is 5.21. The molecule has 0 aliphatic carbocycles. The van der Waals surface area contributed by atoms with Crippen LogP contribution in [0.3, 0.4) is 0 Å². The van der Waals surface area contributed by atoms with Crippen molar-refractivity contribution in [2.75, 3.05) is 18.0 Å². The average Bonchev–Trinajstić information content (AvgIpc) is 2.80. The molecule has 3 heterocycles. The Morgan fingerprint density at radius 3 is 3.05 bits per heavy atom. The summed E-state index contributed by atoms with van der Waals surface area (Å²) < 4.78 is 0. The molecule has 2 fully saturated rings. The lowest BCUT2D eigenvalue weighted by atomic mass is 9.91. The molecule has 2 saturated heterocycles. The minimum Gasteiger partial charge on any atom is -0.354 e. The zero-order valence-corrected chi connectivity index (χ0v) is 11.2. The van der Waals surface area contributed by atoms with Crippen LogP contribution >= 0.6 is 11.6 Å². The van der Waals surface area contributed by atoms with Gasteiger partial charge in [0.25, 0.3) is 0 Å². The first-order chi connectivity index (χ1) is 9.59. The molecule has 2 atom stereocenters. The van der Waals surface area contributed by atoms with E-state index in [9.17, 15) is 14.9 Å². The van der Waals surface area contributed by atoms with E-state index in [1.807, 2.05) is 0 Å². The smallest absolute Gasteiger partial charge is 0.348 e. The van der Waals surface area contributed by atoms with E-state index in [0.29, 0.717) is 13.1 Å².